The summed E-state index contributed by atoms with van der Waals surface area (Å²) in [7, 11) is 1.71. The molecule has 2 N–H and O–H groups in total. The molecule has 0 bridgehead atoms. The lowest BCUT2D eigenvalue weighted by molar-refractivity contribution is -0.123. The Hall–Kier alpha value is -2.77. The Labute approximate surface area is 168 Å². The summed E-state index contributed by atoms with van der Waals surface area (Å²) in [5.74, 6) is 0.975. The zero-order valence-corrected chi connectivity index (χ0v) is 16.2. The number of nitrogens with one attached hydrogen (secondary N) is 2. The number of ether oxygens (including phenoxy) is 2. The van der Waals surface area contributed by atoms with E-state index in [-0.39, 0.29) is 31.0 Å². The van der Waals surface area contributed by atoms with Gasteiger partial charge in [0.25, 0.3) is 0 Å². The molecule has 0 fully saturated rings. The monoisotopic (exact) mass is 403 g/mol. The highest BCUT2D eigenvalue weighted by Crippen LogP contribution is 2.30. The number of carbonyl (C=O) groups is 2. The molecule has 0 radical (unpaired) electrons. The molecule has 1 atom stereocenters. The number of nitrogens with zero attached hydrogens (tertiary/aromatic N) is 1. The Bertz CT molecular complexity index is 828. The molecule has 7 nitrogen and oxygen atoms in total. The van der Waals surface area contributed by atoms with Crippen LogP contribution in [0.25, 0.3) is 0 Å². The van der Waals surface area contributed by atoms with Crippen LogP contribution in [0.1, 0.15) is 0 Å². The minimum atomic E-state index is -0.252. The van der Waals surface area contributed by atoms with E-state index in [9.17, 15) is 9.59 Å². The van der Waals surface area contributed by atoms with Gasteiger partial charge >= 0.3 is 0 Å². The van der Waals surface area contributed by atoms with Gasteiger partial charge in [0, 0.05) is 10.7 Å². The number of hydrogen-bond donors (Lipinski definition) is 2. The van der Waals surface area contributed by atoms with E-state index in [1.807, 2.05) is 24.3 Å². The van der Waals surface area contributed by atoms with Crippen molar-refractivity contribution in [1.29, 1.82) is 0 Å². The van der Waals surface area contributed by atoms with Crippen LogP contribution in [-0.4, -0.2) is 56.1 Å². The number of anilines is 1. The second-order valence-electron chi connectivity index (χ2n) is 6.53. The number of fused-ring (bicyclic) bond motifs is 1. The molecule has 8 heteroatoms. The number of hydrogen-bond acceptors (Lipinski definition) is 5. The van der Waals surface area contributed by atoms with Gasteiger partial charge in [-0.2, -0.15) is 0 Å². The number of para-hydroxylation sites is 2. The fraction of sp³-hybridized carbons (Fsp3) is 0.300. The van der Waals surface area contributed by atoms with Crippen molar-refractivity contribution in [2.75, 3.05) is 38.6 Å². The van der Waals surface area contributed by atoms with Gasteiger partial charge in [-0.3, -0.25) is 14.5 Å². The van der Waals surface area contributed by atoms with Gasteiger partial charge in [0.15, 0.2) is 11.5 Å². The SMILES string of the molecule is CN(CC(=O)NC[C@@H]1COc2ccccc2O1)CC(=O)Nc1ccc(Cl)cc1. The lowest BCUT2D eigenvalue weighted by Gasteiger charge is -2.26. The third-order valence-corrected chi connectivity index (χ3v) is 4.30. The van der Waals surface area contributed by atoms with Crippen LogP contribution in [0.2, 0.25) is 5.02 Å². The molecule has 2 aromatic carbocycles. The van der Waals surface area contributed by atoms with Gasteiger partial charge in [-0.05, 0) is 43.4 Å². The van der Waals surface area contributed by atoms with Crippen molar-refractivity contribution in [2.24, 2.45) is 0 Å². The third-order valence-electron chi connectivity index (χ3n) is 4.05. The van der Waals surface area contributed by atoms with Gasteiger partial charge < -0.3 is 20.1 Å². The molecule has 2 aromatic rings. The zero-order chi connectivity index (χ0) is 19.9. The van der Waals surface area contributed by atoms with E-state index in [1.165, 1.54) is 0 Å². The minimum Gasteiger partial charge on any atom is -0.486 e. The fourth-order valence-electron chi connectivity index (χ4n) is 2.73. The summed E-state index contributed by atoms with van der Waals surface area (Å²) in [6.45, 7) is 0.888. The highest BCUT2D eigenvalue weighted by Gasteiger charge is 2.21. The van der Waals surface area contributed by atoms with Crippen LogP contribution in [-0.2, 0) is 9.59 Å². The first-order chi connectivity index (χ1) is 13.5. The van der Waals surface area contributed by atoms with Crippen LogP contribution < -0.4 is 20.1 Å². The van der Waals surface area contributed by atoms with Gasteiger partial charge in [0.05, 0.1) is 19.6 Å². The molecule has 28 heavy (non-hydrogen) atoms. The normalized spacial score (nSPS) is 15.2. The number of halogens is 1. The van der Waals surface area contributed by atoms with Crippen molar-refractivity contribution in [3.63, 3.8) is 0 Å². The van der Waals surface area contributed by atoms with Crippen molar-refractivity contribution in [2.45, 2.75) is 6.10 Å². The van der Waals surface area contributed by atoms with Crippen molar-refractivity contribution in [1.82, 2.24) is 10.2 Å². The van der Waals surface area contributed by atoms with Gasteiger partial charge in [-0.1, -0.05) is 23.7 Å². The highest BCUT2D eigenvalue weighted by molar-refractivity contribution is 6.30. The number of amides is 2. The van der Waals surface area contributed by atoms with Crippen LogP contribution in [0.5, 0.6) is 11.5 Å². The lowest BCUT2D eigenvalue weighted by atomic mass is 10.2. The quantitative estimate of drug-likeness (QED) is 0.740. The Balaban J connectivity index is 1.37. The predicted octanol–water partition coefficient (Wildman–Crippen LogP) is 2.17. The summed E-state index contributed by atoms with van der Waals surface area (Å²) in [5.41, 5.74) is 0.655. The maximum atomic E-state index is 12.1. The average Bonchev–Trinajstić information content (AvgIpc) is 2.68. The molecule has 0 spiro atoms. The number of likely N-dealkylation sites (N-methyl/N-ethyl adjacent to an activating group) is 1. The first-order valence-corrected chi connectivity index (χ1v) is 9.26. The van der Waals surface area contributed by atoms with Crippen LogP contribution >= 0.6 is 11.6 Å². The van der Waals surface area contributed by atoms with Crippen LogP contribution in [0.3, 0.4) is 0 Å². The number of rotatable bonds is 7. The molecule has 1 aliphatic heterocycles. The van der Waals surface area contributed by atoms with Gasteiger partial charge in [0.2, 0.25) is 11.8 Å². The Morgan fingerprint density at radius 2 is 1.75 bits per heavy atom. The van der Waals surface area contributed by atoms with E-state index in [0.717, 1.165) is 0 Å². The molecule has 2 amide bonds. The lowest BCUT2D eigenvalue weighted by Crippen LogP contribution is -2.44. The molecular formula is C20H22ClN3O4. The Morgan fingerprint density at radius 1 is 1.07 bits per heavy atom. The van der Waals surface area contributed by atoms with Crippen LogP contribution in [0, 0.1) is 0 Å². The summed E-state index contributed by atoms with van der Waals surface area (Å²) in [6, 6.07) is 14.3. The minimum absolute atomic E-state index is 0.0897. The molecule has 1 heterocycles. The maximum absolute atomic E-state index is 12.1. The number of benzene rings is 2. The summed E-state index contributed by atoms with van der Waals surface area (Å²) >= 11 is 5.82. The smallest absolute Gasteiger partial charge is 0.238 e. The predicted molar refractivity (Wildman–Crippen MR) is 107 cm³/mol. The molecule has 0 unspecified atom stereocenters. The van der Waals surface area contributed by atoms with E-state index >= 15 is 0 Å². The standard InChI is InChI=1S/C20H22ClN3O4/c1-24(12-20(26)23-15-8-6-14(21)7-9-15)11-19(25)22-10-16-13-27-17-4-2-3-5-18(17)28-16/h2-9,16H,10-13H2,1H3,(H,22,25)(H,23,26)/t16-/m1/s1. The fourth-order valence-corrected chi connectivity index (χ4v) is 2.85. The molecule has 148 valence electrons. The summed E-state index contributed by atoms with van der Waals surface area (Å²) in [6.07, 6.45) is -0.252. The molecule has 0 aromatic heterocycles. The summed E-state index contributed by atoms with van der Waals surface area (Å²) in [5, 5.41) is 6.17. The largest absolute Gasteiger partial charge is 0.486 e. The Morgan fingerprint density at radius 3 is 2.50 bits per heavy atom. The molecule has 3 rings (SSSR count). The Kier molecular flexibility index (Phi) is 6.73. The molecular weight excluding hydrogens is 382 g/mol. The first kappa shape index (κ1) is 20.0. The van der Waals surface area contributed by atoms with Crippen molar-refractivity contribution in [3.05, 3.63) is 53.6 Å². The van der Waals surface area contributed by atoms with Crippen molar-refractivity contribution < 1.29 is 19.1 Å². The molecule has 0 saturated carbocycles. The summed E-state index contributed by atoms with van der Waals surface area (Å²) in [4.78, 5) is 25.8. The van der Waals surface area contributed by atoms with E-state index in [2.05, 4.69) is 10.6 Å². The van der Waals surface area contributed by atoms with E-state index in [4.69, 9.17) is 21.1 Å². The second-order valence-corrected chi connectivity index (χ2v) is 6.97. The van der Waals surface area contributed by atoms with E-state index in [1.54, 1.807) is 36.2 Å². The van der Waals surface area contributed by atoms with Gasteiger partial charge in [0.1, 0.15) is 12.7 Å². The maximum Gasteiger partial charge on any atom is 0.238 e. The van der Waals surface area contributed by atoms with Crippen LogP contribution in [0.4, 0.5) is 5.69 Å². The van der Waals surface area contributed by atoms with Crippen molar-refractivity contribution in [3.8, 4) is 11.5 Å². The van der Waals surface area contributed by atoms with Crippen LogP contribution in [0.15, 0.2) is 48.5 Å². The zero-order valence-electron chi connectivity index (χ0n) is 15.5. The third kappa shape index (κ3) is 5.87. The van der Waals surface area contributed by atoms with Crippen molar-refractivity contribution >= 4 is 29.1 Å². The van der Waals surface area contributed by atoms with Gasteiger partial charge in [-0.25, -0.2) is 0 Å². The van der Waals surface area contributed by atoms with E-state index in [0.29, 0.717) is 35.4 Å². The van der Waals surface area contributed by atoms with E-state index < -0.39 is 0 Å². The summed E-state index contributed by atoms with van der Waals surface area (Å²) < 4.78 is 11.4. The highest BCUT2D eigenvalue weighted by atomic mass is 35.5. The molecule has 1 aliphatic rings. The first-order valence-electron chi connectivity index (χ1n) is 8.89. The second kappa shape index (κ2) is 9.43. The van der Waals surface area contributed by atoms with Gasteiger partial charge in [-0.15, -0.1) is 0 Å². The molecule has 0 aliphatic carbocycles. The number of carbonyl (C=O) groups excluding carboxylic acids is 2. The topological polar surface area (TPSA) is 79.9 Å². The average molecular weight is 404 g/mol. The molecule has 0 saturated heterocycles.